The molecule has 0 unspecified atom stereocenters. The molecule has 9 nitrogen and oxygen atoms in total. The van der Waals surface area contributed by atoms with Crippen molar-refractivity contribution in [3.63, 3.8) is 0 Å². The normalized spacial score (nSPS) is 11.6. The van der Waals surface area contributed by atoms with E-state index in [0.29, 0.717) is 17.1 Å². The van der Waals surface area contributed by atoms with E-state index >= 15 is 0 Å². The fourth-order valence-corrected chi connectivity index (χ4v) is 4.58. The SMILES string of the molecule is O=C(/C=C(\[O-])C(F)(F)F)c1cccs1.O=C(/C=C(\[O-])C(F)(F)F)c1cccs1.O=C([O-])c1cccc(-c2cccc(-c3ccccn3)n2)n1.[Eu+3]. The van der Waals surface area contributed by atoms with Crippen LogP contribution < -0.4 is 15.3 Å². The van der Waals surface area contributed by atoms with Gasteiger partial charge in [0.2, 0.25) is 0 Å². The second-order valence-electron chi connectivity index (χ2n) is 9.01. The van der Waals surface area contributed by atoms with E-state index in [4.69, 9.17) is 0 Å². The van der Waals surface area contributed by atoms with Crippen molar-refractivity contribution >= 4 is 40.2 Å². The van der Waals surface area contributed by atoms with Crippen LogP contribution >= 0.6 is 22.7 Å². The standard InChI is InChI=1S/C16H11N3O2.2C8H5F3O2S.Eu/c20-16(21)15-9-4-8-14(19-15)13-7-3-6-12(18-13)11-5-1-2-10-17-11;2*9-8(10,11)7(13)4-5(12)6-2-1-3-14-6;/h1-10H,(H,20,21);2*1-4,13H;/q;;;+3/p-3/b;2*7-4-;. The van der Waals surface area contributed by atoms with Crippen molar-refractivity contribution in [3.05, 3.63) is 135 Å². The quantitative estimate of drug-likeness (QED) is 0.0946. The van der Waals surface area contributed by atoms with E-state index in [1.165, 1.54) is 30.3 Å². The van der Waals surface area contributed by atoms with Crippen molar-refractivity contribution in [2.75, 3.05) is 0 Å². The third kappa shape index (κ3) is 13.3. The molecule has 0 aromatic carbocycles. The number of pyridine rings is 3. The van der Waals surface area contributed by atoms with Gasteiger partial charge in [0.1, 0.15) is 0 Å². The second-order valence-corrected chi connectivity index (χ2v) is 10.9. The van der Waals surface area contributed by atoms with Crippen LogP contribution in [0.15, 0.2) is 119 Å². The minimum absolute atomic E-state index is 0. The molecule has 5 aromatic heterocycles. The van der Waals surface area contributed by atoms with E-state index < -0.39 is 41.4 Å². The summed E-state index contributed by atoms with van der Waals surface area (Å²) in [6, 6.07) is 21.5. The third-order valence-electron chi connectivity index (χ3n) is 5.51. The largest absolute Gasteiger partial charge is 3.00 e. The topological polar surface area (TPSA) is 159 Å². The number of aromatic nitrogens is 3. The third-order valence-corrected chi connectivity index (χ3v) is 7.28. The Hall–Kier alpha value is -4.10. The van der Waals surface area contributed by atoms with Crippen molar-refractivity contribution in [1.29, 1.82) is 0 Å². The van der Waals surface area contributed by atoms with Crippen LogP contribution in [0.1, 0.15) is 29.8 Å². The van der Waals surface area contributed by atoms with Crippen LogP contribution in [0, 0.1) is 49.4 Å². The van der Waals surface area contributed by atoms with Crippen LogP contribution in [-0.4, -0.2) is 44.8 Å². The molecule has 50 heavy (non-hydrogen) atoms. The summed E-state index contributed by atoms with van der Waals surface area (Å²) in [6.45, 7) is 0. The number of carboxylic acids is 1. The number of carbonyl (C=O) groups excluding carboxylic acids is 3. The van der Waals surface area contributed by atoms with Crippen molar-refractivity contribution in [1.82, 2.24) is 15.0 Å². The Kier molecular flexibility index (Phi) is 16.3. The summed E-state index contributed by atoms with van der Waals surface area (Å²) in [5.41, 5.74) is 2.40. The van der Waals surface area contributed by atoms with Gasteiger partial charge in [0.05, 0.1) is 44.2 Å². The van der Waals surface area contributed by atoms with Gasteiger partial charge in [0.25, 0.3) is 0 Å². The summed E-state index contributed by atoms with van der Waals surface area (Å²) in [5.74, 6) is -7.39. The van der Waals surface area contributed by atoms with Crippen LogP contribution in [-0.2, 0) is 0 Å². The summed E-state index contributed by atoms with van der Waals surface area (Å²) in [7, 11) is 0. The molecule has 5 heterocycles. The molecule has 0 bridgehead atoms. The zero-order valence-electron chi connectivity index (χ0n) is 24.6. The fourth-order valence-electron chi connectivity index (χ4n) is 3.31. The van der Waals surface area contributed by atoms with Crippen LogP contribution in [0.2, 0.25) is 0 Å². The number of allylic oxidation sites excluding steroid dienone is 4. The molecule has 0 N–H and O–H groups in total. The Bertz CT molecular complexity index is 1860. The zero-order chi connectivity index (χ0) is 36.2. The van der Waals surface area contributed by atoms with Gasteiger partial charge >= 0.3 is 61.7 Å². The summed E-state index contributed by atoms with van der Waals surface area (Å²) >= 11 is 1.97. The van der Waals surface area contributed by atoms with Gasteiger partial charge in [0, 0.05) is 6.20 Å². The van der Waals surface area contributed by atoms with E-state index in [1.807, 2.05) is 30.3 Å². The molecule has 0 radical (unpaired) electrons. The maximum Gasteiger partial charge on any atom is 3.00 e. The number of alkyl halides is 6. The van der Waals surface area contributed by atoms with Gasteiger partial charge in [-0.05, 0) is 83.0 Å². The van der Waals surface area contributed by atoms with E-state index in [1.54, 1.807) is 35.2 Å². The molecule has 0 aliphatic carbocycles. The van der Waals surface area contributed by atoms with Gasteiger partial charge in [-0.1, -0.05) is 30.3 Å². The van der Waals surface area contributed by atoms with Gasteiger partial charge in [-0.25, -0.2) is 9.97 Å². The molecule has 5 rings (SSSR count). The Morgan fingerprint density at radius 1 is 0.580 bits per heavy atom. The second kappa shape index (κ2) is 19.3. The van der Waals surface area contributed by atoms with Gasteiger partial charge < -0.3 is 20.1 Å². The number of hydrogen-bond donors (Lipinski definition) is 0. The Labute approximate surface area is 327 Å². The number of ketones is 2. The number of halogens is 6. The number of thiophene rings is 2. The van der Waals surface area contributed by atoms with E-state index in [-0.39, 0.29) is 77.0 Å². The first-order valence-corrected chi connectivity index (χ1v) is 15.0. The molecule has 0 amide bonds. The first-order chi connectivity index (χ1) is 23.1. The monoisotopic (exact) mass is 871 g/mol. The summed E-state index contributed by atoms with van der Waals surface area (Å²) in [4.78, 5) is 45.8. The minimum atomic E-state index is -4.98. The van der Waals surface area contributed by atoms with Crippen LogP contribution in [0.4, 0.5) is 26.3 Å². The van der Waals surface area contributed by atoms with Gasteiger partial charge in [-0.15, -0.1) is 22.7 Å². The zero-order valence-corrected chi connectivity index (χ0v) is 28.7. The molecule has 0 spiro atoms. The van der Waals surface area contributed by atoms with Crippen LogP contribution in [0.25, 0.3) is 22.8 Å². The fraction of sp³-hybridized carbons (Fsp3) is 0.0625. The number of nitrogens with zero attached hydrogens (tertiary/aromatic N) is 3. The van der Waals surface area contributed by atoms with Crippen LogP contribution in [0.5, 0.6) is 0 Å². The Morgan fingerprint density at radius 2 is 1.02 bits per heavy atom. The molecule has 258 valence electrons. The van der Waals surface area contributed by atoms with Crippen LogP contribution in [0.3, 0.4) is 0 Å². The molecular formula is C32H18EuF6N3O6S2. The smallest absolute Gasteiger partial charge is 0.869 e. The van der Waals surface area contributed by atoms with E-state index in [0.717, 1.165) is 28.4 Å². The molecule has 18 heteroatoms. The molecule has 0 saturated carbocycles. The minimum Gasteiger partial charge on any atom is -0.869 e. The summed E-state index contributed by atoms with van der Waals surface area (Å²) in [5, 5.41) is 34.7. The van der Waals surface area contributed by atoms with Gasteiger partial charge in [-0.2, -0.15) is 26.3 Å². The van der Waals surface area contributed by atoms with Crippen molar-refractivity contribution in [2.45, 2.75) is 12.4 Å². The number of carboxylic acid groups (broad SMARTS) is 1. The predicted octanol–water partition coefficient (Wildman–Crippen LogP) is 5.04. The van der Waals surface area contributed by atoms with Gasteiger partial charge in [-0.3, -0.25) is 14.6 Å². The van der Waals surface area contributed by atoms with Gasteiger partial charge in [0.15, 0.2) is 11.6 Å². The molecule has 0 saturated heterocycles. The van der Waals surface area contributed by atoms with E-state index in [2.05, 4.69) is 15.0 Å². The molecular weight excluding hydrogens is 852 g/mol. The molecule has 0 fully saturated rings. The molecule has 0 atom stereocenters. The predicted molar refractivity (Wildman–Crippen MR) is 161 cm³/mol. The van der Waals surface area contributed by atoms with Crippen molar-refractivity contribution < 1.29 is 105 Å². The molecule has 5 aromatic rings. The summed E-state index contributed by atoms with van der Waals surface area (Å²) in [6.07, 6.45) is -8.14. The molecule has 0 aliphatic rings. The Balaban J connectivity index is 0.000000267. The average Bonchev–Trinajstić information content (AvgIpc) is 3.81. The number of rotatable bonds is 7. The molecule has 0 aliphatic heterocycles. The maximum atomic E-state index is 11.7. The number of hydrogen-bond acceptors (Lipinski definition) is 11. The first kappa shape index (κ1) is 42.1. The van der Waals surface area contributed by atoms with E-state index in [9.17, 15) is 56.0 Å². The Morgan fingerprint density at radius 3 is 1.42 bits per heavy atom. The average molecular weight is 871 g/mol. The maximum absolute atomic E-state index is 11.7. The number of aromatic carboxylic acids is 1. The van der Waals surface area contributed by atoms with Crippen molar-refractivity contribution in [2.24, 2.45) is 0 Å². The first-order valence-electron chi connectivity index (χ1n) is 13.2. The summed E-state index contributed by atoms with van der Waals surface area (Å²) < 4.78 is 70.3. The number of carbonyl (C=O) groups is 3. The van der Waals surface area contributed by atoms with Crippen molar-refractivity contribution in [3.8, 4) is 22.8 Å².